The second-order valence-electron chi connectivity index (χ2n) is 4.53. The van der Waals surface area contributed by atoms with E-state index in [2.05, 4.69) is 16.8 Å². The summed E-state index contributed by atoms with van der Waals surface area (Å²) < 4.78 is 0. The first kappa shape index (κ1) is 17.7. The summed E-state index contributed by atoms with van der Waals surface area (Å²) in [5.41, 5.74) is 1.02. The Morgan fingerprint density at radius 3 is 2.17 bits per heavy atom. The number of hydrogen-bond acceptors (Lipinski definition) is 3. The number of nitrogens with zero attached hydrogens (tertiary/aromatic N) is 2. The van der Waals surface area contributed by atoms with Gasteiger partial charge in [0.2, 0.25) is 0 Å². The van der Waals surface area contributed by atoms with Gasteiger partial charge < -0.3 is 10.0 Å². The zero-order valence-electron chi connectivity index (χ0n) is 10.7. The van der Waals surface area contributed by atoms with Gasteiger partial charge >= 0.3 is 0 Å². The van der Waals surface area contributed by atoms with Crippen LogP contribution in [0.2, 0.25) is 0 Å². The first-order valence-corrected chi connectivity index (χ1v) is 5.89. The highest BCUT2D eigenvalue weighted by Gasteiger charge is 2.17. The maximum atomic E-state index is 10.1. The van der Waals surface area contributed by atoms with E-state index in [1.165, 1.54) is 0 Å². The Balaban J connectivity index is 0.00000144. The minimum atomic E-state index is -0.357. The first-order valence-electron chi connectivity index (χ1n) is 5.89. The van der Waals surface area contributed by atoms with Crippen LogP contribution in [0.4, 0.5) is 0 Å². The number of benzene rings is 1. The molecule has 0 amide bonds. The summed E-state index contributed by atoms with van der Waals surface area (Å²) in [5.74, 6) is 0. The van der Waals surface area contributed by atoms with Gasteiger partial charge in [0.25, 0.3) is 0 Å². The molecule has 1 aliphatic rings. The summed E-state index contributed by atoms with van der Waals surface area (Å²) in [7, 11) is 2.14. The predicted octanol–water partition coefficient (Wildman–Crippen LogP) is 1.81. The van der Waals surface area contributed by atoms with Crippen molar-refractivity contribution < 1.29 is 5.11 Å². The lowest BCUT2D eigenvalue weighted by Gasteiger charge is -2.33. The average Bonchev–Trinajstić information content (AvgIpc) is 2.33. The molecule has 2 rings (SSSR count). The minimum absolute atomic E-state index is 0. The molecule has 0 saturated carbocycles. The lowest BCUT2D eigenvalue weighted by molar-refractivity contribution is 0.0805. The first-order chi connectivity index (χ1) is 7.75. The fourth-order valence-corrected chi connectivity index (χ4v) is 2.06. The fourth-order valence-electron chi connectivity index (χ4n) is 2.06. The molecule has 1 aromatic carbocycles. The monoisotopic (exact) mass is 292 g/mol. The molecular weight excluding hydrogens is 271 g/mol. The molecular formula is C13H22Cl2N2O. The van der Waals surface area contributed by atoms with Crippen molar-refractivity contribution in [1.82, 2.24) is 9.80 Å². The van der Waals surface area contributed by atoms with Gasteiger partial charge in [-0.3, -0.25) is 4.90 Å². The van der Waals surface area contributed by atoms with Crippen molar-refractivity contribution in [1.29, 1.82) is 0 Å². The maximum absolute atomic E-state index is 10.1. The molecule has 1 atom stereocenters. The van der Waals surface area contributed by atoms with Gasteiger partial charge in [-0.25, -0.2) is 0 Å². The van der Waals surface area contributed by atoms with Crippen molar-refractivity contribution in [2.75, 3.05) is 39.8 Å². The van der Waals surface area contributed by atoms with Gasteiger partial charge in [-0.2, -0.15) is 0 Å². The van der Waals surface area contributed by atoms with Gasteiger partial charge in [0.1, 0.15) is 0 Å². The number of piperazine rings is 1. The van der Waals surface area contributed by atoms with Crippen LogP contribution in [0.15, 0.2) is 30.3 Å². The normalized spacial score (nSPS) is 18.6. The maximum Gasteiger partial charge on any atom is 0.0916 e. The molecule has 3 nitrogen and oxygen atoms in total. The average molecular weight is 293 g/mol. The highest BCUT2D eigenvalue weighted by Crippen LogP contribution is 2.14. The molecule has 1 fully saturated rings. The molecule has 0 radical (unpaired) electrons. The van der Waals surface area contributed by atoms with Gasteiger partial charge in [-0.05, 0) is 12.6 Å². The van der Waals surface area contributed by atoms with Gasteiger partial charge in [0, 0.05) is 32.7 Å². The zero-order valence-corrected chi connectivity index (χ0v) is 12.3. The van der Waals surface area contributed by atoms with Crippen molar-refractivity contribution in [3.8, 4) is 0 Å². The molecule has 1 heterocycles. The molecule has 5 heteroatoms. The summed E-state index contributed by atoms with van der Waals surface area (Å²) in [4.78, 5) is 4.66. The second-order valence-corrected chi connectivity index (χ2v) is 4.53. The lowest BCUT2D eigenvalue weighted by Crippen LogP contribution is -2.45. The molecule has 1 saturated heterocycles. The summed E-state index contributed by atoms with van der Waals surface area (Å²) in [5, 5.41) is 10.1. The number of halogens is 2. The van der Waals surface area contributed by atoms with E-state index >= 15 is 0 Å². The molecule has 0 aromatic heterocycles. The molecule has 104 valence electrons. The quantitative estimate of drug-likeness (QED) is 0.921. The number of aliphatic hydroxyl groups excluding tert-OH is 1. The van der Waals surface area contributed by atoms with E-state index in [0.29, 0.717) is 0 Å². The Labute approximate surface area is 122 Å². The van der Waals surface area contributed by atoms with Crippen LogP contribution < -0.4 is 0 Å². The Morgan fingerprint density at radius 1 is 1.06 bits per heavy atom. The van der Waals surface area contributed by atoms with Crippen LogP contribution in [-0.2, 0) is 0 Å². The number of β-amino-alcohol motifs (C(OH)–C–C–N with tert-alkyl or cyclic N) is 1. The van der Waals surface area contributed by atoms with E-state index in [4.69, 9.17) is 0 Å². The molecule has 1 aromatic rings. The predicted molar refractivity (Wildman–Crippen MR) is 79.8 cm³/mol. The molecule has 0 bridgehead atoms. The standard InChI is InChI=1S/C13H20N2O.2ClH/c1-14-7-9-15(10-8-14)11-13(16)12-5-3-2-4-6-12;;/h2-6,13,16H,7-11H2,1H3;2*1H. The molecule has 1 unspecified atom stereocenters. The Bertz CT molecular complexity index is 316. The number of hydrogen-bond donors (Lipinski definition) is 1. The highest BCUT2D eigenvalue weighted by molar-refractivity contribution is 5.85. The van der Waals surface area contributed by atoms with Crippen LogP contribution in [0.1, 0.15) is 11.7 Å². The minimum Gasteiger partial charge on any atom is -0.387 e. The summed E-state index contributed by atoms with van der Waals surface area (Å²) in [6, 6.07) is 9.90. The third-order valence-electron chi connectivity index (χ3n) is 3.21. The van der Waals surface area contributed by atoms with E-state index in [1.54, 1.807) is 0 Å². The summed E-state index contributed by atoms with van der Waals surface area (Å²) >= 11 is 0. The van der Waals surface area contributed by atoms with E-state index in [1.807, 2.05) is 30.3 Å². The third kappa shape index (κ3) is 5.12. The number of likely N-dealkylation sites (N-methyl/N-ethyl adjacent to an activating group) is 1. The SMILES string of the molecule is CN1CCN(CC(O)c2ccccc2)CC1.Cl.Cl. The molecule has 1 N–H and O–H groups in total. The fraction of sp³-hybridized carbons (Fsp3) is 0.538. The highest BCUT2D eigenvalue weighted by atomic mass is 35.5. The van der Waals surface area contributed by atoms with Gasteiger partial charge in [-0.1, -0.05) is 30.3 Å². The smallest absolute Gasteiger partial charge is 0.0916 e. The van der Waals surface area contributed by atoms with Crippen LogP contribution in [0, 0.1) is 0 Å². The van der Waals surface area contributed by atoms with E-state index < -0.39 is 0 Å². The third-order valence-corrected chi connectivity index (χ3v) is 3.21. The number of rotatable bonds is 3. The van der Waals surface area contributed by atoms with Crippen molar-refractivity contribution in [3.63, 3.8) is 0 Å². The molecule has 0 spiro atoms. The Kier molecular flexibility index (Phi) is 8.57. The Morgan fingerprint density at radius 2 is 1.61 bits per heavy atom. The molecule has 18 heavy (non-hydrogen) atoms. The zero-order chi connectivity index (χ0) is 11.4. The summed E-state index contributed by atoms with van der Waals surface area (Å²) in [6.45, 7) is 5.06. The van der Waals surface area contributed by atoms with Crippen molar-refractivity contribution >= 4 is 24.8 Å². The van der Waals surface area contributed by atoms with Crippen molar-refractivity contribution in [2.45, 2.75) is 6.10 Å². The van der Waals surface area contributed by atoms with E-state index in [9.17, 15) is 5.11 Å². The molecule has 1 aliphatic heterocycles. The lowest BCUT2D eigenvalue weighted by atomic mass is 10.1. The number of aliphatic hydroxyl groups is 1. The van der Waals surface area contributed by atoms with Crippen LogP contribution in [0.3, 0.4) is 0 Å². The molecule has 0 aliphatic carbocycles. The van der Waals surface area contributed by atoms with Gasteiger partial charge in [0.05, 0.1) is 6.10 Å². The van der Waals surface area contributed by atoms with Crippen LogP contribution in [-0.4, -0.2) is 54.7 Å². The van der Waals surface area contributed by atoms with E-state index in [-0.39, 0.29) is 30.9 Å². The summed E-state index contributed by atoms with van der Waals surface area (Å²) in [6.07, 6.45) is -0.357. The van der Waals surface area contributed by atoms with Gasteiger partial charge in [-0.15, -0.1) is 24.8 Å². The topological polar surface area (TPSA) is 26.7 Å². The second kappa shape index (κ2) is 8.73. The van der Waals surface area contributed by atoms with Crippen LogP contribution in [0.5, 0.6) is 0 Å². The van der Waals surface area contributed by atoms with E-state index in [0.717, 1.165) is 38.3 Å². The Hall–Kier alpha value is -0.320. The largest absolute Gasteiger partial charge is 0.387 e. The van der Waals surface area contributed by atoms with Crippen LogP contribution in [0.25, 0.3) is 0 Å². The van der Waals surface area contributed by atoms with Crippen molar-refractivity contribution in [2.24, 2.45) is 0 Å². The van der Waals surface area contributed by atoms with Crippen molar-refractivity contribution in [3.05, 3.63) is 35.9 Å². The van der Waals surface area contributed by atoms with Crippen LogP contribution >= 0.6 is 24.8 Å². The van der Waals surface area contributed by atoms with Gasteiger partial charge in [0.15, 0.2) is 0 Å².